The Balaban J connectivity index is 2.70. The Labute approximate surface area is 110 Å². The number of rotatable bonds is 1. The number of aliphatic hydroxyl groups excluding tert-OH is 1. The van der Waals surface area contributed by atoms with Crippen molar-refractivity contribution < 1.29 is 22.3 Å². The van der Waals surface area contributed by atoms with Crippen molar-refractivity contribution in [3.63, 3.8) is 0 Å². The molecule has 2 rings (SSSR count). The molecular weight excluding hydrogens is 338 g/mol. The van der Waals surface area contributed by atoms with Crippen molar-refractivity contribution in [2.24, 2.45) is 0 Å². The maximum absolute atomic E-state index is 13.4. The second-order valence-corrected chi connectivity index (χ2v) is 8.54. The lowest BCUT2D eigenvalue weighted by Crippen LogP contribution is -2.32. The number of hydrogen-bond acceptors (Lipinski definition) is 4. The van der Waals surface area contributed by atoms with Crippen LogP contribution in [0.2, 0.25) is 0 Å². The standard InChI is InChI=1S/C9H9BrF2O3S2/c1-17(14,15)8-5-4(7(10)16-8)2-3-9(11,12)6(5)13/h6,13H,2-3H2,1H3/t6-/m1/s1. The van der Waals surface area contributed by atoms with Gasteiger partial charge in [-0.1, -0.05) is 0 Å². The molecule has 96 valence electrons. The van der Waals surface area contributed by atoms with Gasteiger partial charge in [0.15, 0.2) is 9.84 Å². The average Bonchev–Trinajstić information content (AvgIpc) is 2.50. The highest BCUT2D eigenvalue weighted by Gasteiger charge is 2.47. The fourth-order valence-electron chi connectivity index (χ4n) is 1.85. The van der Waals surface area contributed by atoms with E-state index in [0.29, 0.717) is 9.35 Å². The van der Waals surface area contributed by atoms with Crippen molar-refractivity contribution in [3.05, 3.63) is 14.9 Å². The maximum Gasteiger partial charge on any atom is 0.277 e. The molecule has 0 radical (unpaired) electrons. The molecule has 1 aromatic heterocycles. The van der Waals surface area contributed by atoms with Gasteiger partial charge in [0.1, 0.15) is 10.3 Å². The minimum absolute atomic E-state index is 0.0615. The van der Waals surface area contributed by atoms with Crippen LogP contribution in [0.5, 0.6) is 0 Å². The van der Waals surface area contributed by atoms with Gasteiger partial charge in [-0.3, -0.25) is 0 Å². The lowest BCUT2D eigenvalue weighted by atomic mass is 9.90. The molecule has 0 amide bonds. The summed E-state index contributed by atoms with van der Waals surface area (Å²) in [5.41, 5.74) is 0.342. The molecule has 1 aliphatic rings. The third kappa shape index (κ3) is 2.16. The molecular formula is C9H9BrF2O3S2. The second kappa shape index (κ2) is 3.97. The van der Waals surface area contributed by atoms with Crippen molar-refractivity contribution in [1.82, 2.24) is 0 Å². The number of aliphatic hydroxyl groups is 1. The highest BCUT2D eigenvalue weighted by atomic mass is 79.9. The largest absolute Gasteiger partial charge is 0.382 e. The quantitative estimate of drug-likeness (QED) is 0.849. The molecule has 8 heteroatoms. The molecule has 0 aliphatic heterocycles. The van der Waals surface area contributed by atoms with E-state index in [1.165, 1.54) is 0 Å². The summed E-state index contributed by atoms with van der Waals surface area (Å²) in [4.78, 5) is 0. The average molecular weight is 347 g/mol. The summed E-state index contributed by atoms with van der Waals surface area (Å²) in [6.45, 7) is 0. The molecule has 1 atom stereocenters. The van der Waals surface area contributed by atoms with E-state index in [2.05, 4.69) is 15.9 Å². The van der Waals surface area contributed by atoms with Gasteiger partial charge in [-0.25, -0.2) is 17.2 Å². The fraction of sp³-hybridized carbons (Fsp3) is 0.556. The molecule has 1 heterocycles. The van der Waals surface area contributed by atoms with E-state index in [1.54, 1.807) is 0 Å². The van der Waals surface area contributed by atoms with Gasteiger partial charge < -0.3 is 5.11 Å². The fourth-order valence-corrected chi connectivity index (χ4v) is 5.40. The van der Waals surface area contributed by atoms with Crippen LogP contribution < -0.4 is 0 Å². The first-order chi connectivity index (χ1) is 7.64. The minimum atomic E-state index is -3.61. The zero-order chi connectivity index (χ0) is 13.0. The molecule has 0 unspecified atom stereocenters. The maximum atomic E-state index is 13.4. The Hall–Kier alpha value is -0.0500. The van der Waals surface area contributed by atoms with Crippen LogP contribution in [0.4, 0.5) is 8.78 Å². The summed E-state index contributed by atoms with van der Waals surface area (Å²) in [5, 5.41) is 9.62. The zero-order valence-corrected chi connectivity index (χ0v) is 11.9. The van der Waals surface area contributed by atoms with Crippen molar-refractivity contribution in [2.75, 3.05) is 6.26 Å². The van der Waals surface area contributed by atoms with Crippen molar-refractivity contribution >= 4 is 37.1 Å². The summed E-state index contributed by atoms with van der Waals surface area (Å²) in [6, 6.07) is 0. The van der Waals surface area contributed by atoms with Crippen LogP contribution in [-0.4, -0.2) is 25.7 Å². The molecule has 0 spiro atoms. The lowest BCUT2D eigenvalue weighted by molar-refractivity contribution is -0.122. The third-order valence-electron chi connectivity index (χ3n) is 2.68. The molecule has 0 saturated heterocycles. The molecule has 0 bridgehead atoms. The lowest BCUT2D eigenvalue weighted by Gasteiger charge is -2.28. The summed E-state index contributed by atoms with van der Waals surface area (Å²) in [6.07, 6.45) is -1.50. The number of alkyl halides is 2. The zero-order valence-electron chi connectivity index (χ0n) is 8.71. The van der Waals surface area contributed by atoms with Crippen LogP contribution in [0.25, 0.3) is 0 Å². The molecule has 3 nitrogen and oxygen atoms in total. The minimum Gasteiger partial charge on any atom is -0.382 e. The van der Waals surface area contributed by atoms with Crippen molar-refractivity contribution in [3.8, 4) is 0 Å². The van der Waals surface area contributed by atoms with Gasteiger partial charge in [0.05, 0.1) is 3.79 Å². The monoisotopic (exact) mass is 346 g/mol. The molecule has 1 aliphatic carbocycles. The number of sulfone groups is 1. The first-order valence-electron chi connectivity index (χ1n) is 4.71. The van der Waals surface area contributed by atoms with E-state index >= 15 is 0 Å². The van der Waals surface area contributed by atoms with Gasteiger partial charge >= 0.3 is 0 Å². The summed E-state index contributed by atoms with van der Waals surface area (Å²) >= 11 is 4.04. The SMILES string of the molecule is CS(=O)(=O)c1sc(Br)c2c1[C@@H](O)C(F)(F)CC2. The van der Waals surface area contributed by atoms with Gasteiger partial charge in [-0.2, -0.15) is 0 Å². The van der Waals surface area contributed by atoms with Gasteiger partial charge in [-0.15, -0.1) is 11.3 Å². The predicted molar refractivity (Wildman–Crippen MR) is 63.4 cm³/mol. The molecule has 0 saturated carbocycles. The molecule has 17 heavy (non-hydrogen) atoms. The van der Waals surface area contributed by atoms with Crippen molar-refractivity contribution in [2.45, 2.75) is 29.1 Å². The first-order valence-corrected chi connectivity index (χ1v) is 8.21. The van der Waals surface area contributed by atoms with E-state index in [1.807, 2.05) is 0 Å². The Bertz CT molecular complexity index is 565. The number of hydrogen-bond donors (Lipinski definition) is 1. The van der Waals surface area contributed by atoms with E-state index in [9.17, 15) is 22.3 Å². The smallest absolute Gasteiger partial charge is 0.277 e. The van der Waals surface area contributed by atoms with Crippen LogP contribution in [0, 0.1) is 0 Å². The Morgan fingerprint density at radius 1 is 1.53 bits per heavy atom. The first kappa shape index (κ1) is 13.4. The molecule has 1 N–H and O–H groups in total. The Morgan fingerprint density at radius 3 is 2.65 bits per heavy atom. The van der Waals surface area contributed by atoms with E-state index in [4.69, 9.17) is 0 Å². The second-order valence-electron chi connectivity index (χ2n) is 3.99. The van der Waals surface area contributed by atoms with E-state index in [-0.39, 0.29) is 16.2 Å². The summed E-state index contributed by atoms with van der Waals surface area (Å²) < 4.78 is 50.1. The third-order valence-corrected chi connectivity index (χ3v) is 6.53. The molecule has 1 aromatic rings. The van der Waals surface area contributed by atoms with Crippen molar-refractivity contribution in [1.29, 1.82) is 0 Å². The summed E-state index contributed by atoms with van der Waals surface area (Å²) in [7, 11) is -3.61. The Morgan fingerprint density at radius 2 is 2.12 bits per heavy atom. The highest BCUT2D eigenvalue weighted by molar-refractivity contribution is 9.11. The number of fused-ring (bicyclic) bond motifs is 1. The van der Waals surface area contributed by atoms with E-state index < -0.39 is 28.3 Å². The van der Waals surface area contributed by atoms with Gasteiger partial charge in [0.2, 0.25) is 0 Å². The Kier molecular flexibility index (Phi) is 3.13. The number of halogens is 3. The molecule has 0 aromatic carbocycles. The van der Waals surface area contributed by atoms with Gasteiger partial charge in [0.25, 0.3) is 5.92 Å². The highest BCUT2D eigenvalue weighted by Crippen LogP contribution is 2.49. The molecule has 0 fully saturated rings. The van der Waals surface area contributed by atoms with Crippen LogP contribution in [-0.2, 0) is 16.3 Å². The van der Waals surface area contributed by atoms with Crippen LogP contribution in [0.1, 0.15) is 23.7 Å². The van der Waals surface area contributed by atoms with Crippen LogP contribution in [0.3, 0.4) is 0 Å². The van der Waals surface area contributed by atoms with Gasteiger partial charge in [-0.05, 0) is 27.9 Å². The predicted octanol–water partition coefficient (Wildman–Crippen LogP) is 2.53. The van der Waals surface area contributed by atoms with Crippen LogP contribution >= 0.6 is 27.3 Å². The van der Waals surface area contributed by atoms with Crippen LogP contribution in [0.15, 0.2) is 8.00 Å². The summed E-state index contributed by atoms with van der Waals surface area (Å²) in [5.74, 6) is -3.27. The van der Waals surface area contributed by atoms with E-state index in [0.717, 1.165) is 17.6 Å². The normalized spacial score (nSPS) is 23.5. The number of thiophene rings is 1. The van der Waals surface area contributed by atoms with Gasteiger partial charge in [0, 0.05) is 18.2 Å². The topological polar surface area (TPSA) is 54.4 Å².